The van der Waals surface area contributed by atoms with Crippen molar-refractivity contribution in [2.75, 3.05) is 0 Å². The van der Waals surface area contributed by atoms with Gasteiger partial charge in [0.2, 0.25) is 5.91 Å². The van der Waals surface area contributed by atoms with E-state index in [1.54, 1.807) is 0 Å². The molecule has 2 fully saturated rings. The molecule has 3 aliphatic rings. The van der Waals surface area contributed by atoms with E-state index in [-0.39, 0.29) is 17.9 Å². The molecule has 0 radical (unpaired) electrons. The van der Waals surface area contributed by atoms with Crippen LogP contribution < -0.4 is 0 Å². The van der Waals surface area contributed by atoms with Crippen molar-refractivity contribution in [3.8, 4) is 0 Å². The van der Waals surface area contributed by atoms with Gasteiger partial charge >= 0.3 is 0 Å². The molecular weight excluding hydrogens is 358 g/mol. The SMILES string of the molecule is Cn1ccnc1CN(C(=O)C1CC1c1ccccc1)C1C=C2CCCCC2=CC1. The van der Waals surface area contributed by atoms with E-state index >= 15 is 0 Å². The van der Waals surface area contributed by atoms with Crippen molar-refractivity contribution >= 4 is 5.91 Å². The second-order valence-corrected chi connectivity index (χ2v) is 8.71. The first-order valence-electron chi connectivity index (χ1n) is 10.9. The van der Waals surface area contributed by atoms with Gasteiger partial charge in [-0.2, -0.15) is 0 Å². The molecule has 0 spiro atoms. The monoisotopic (exact) mass is 387 g/mol. The smallest absolute Gasteiger partial charge is 0.227 e. The lowest BCUT2D eigenvalue weighted by molar-refractivity contribution is -0.135. The van der Waals surface area contributed by atoms with Crippen molar-refractivity contribution in [1.29, 1.82) is 0 Å². The highest BCUT2D eigenvalue weighted by Gasteiger charge is 2.47. The van der Waals surface area contributed by atoms with Crippen LogP contribution in [-0.2, 0) is 18.4 Å². The molecule has 4 heteroatoms. The number of hydrogen-bond donors (Lipinski definition) is 0. The Morgan fingerprint density at radius 1 is 1.17 bits per heavy atom. The molecule has 150 valence electrons. The van der Waals surface area contributed by atoms with Crippen LogP contribution in [0, 0.1) is 5.92 Å². The third-order valence-electron chi connectivity index (χ3n) is 6.81. The molecule has 5 rings (SSSR count). The highest BCUT2D eigenvalue weighted by atomic mass is 16.2. The minimum absolute atomic E-state index is 0.104. The van der Waals surface area contributed by atoms with E-state index in [2.05, 4.69) is 46.3 Å². The molecule has 29 heavy (non-hydrogen) atoms. The molecule has 0 bridgehead atoms. The van der Waals surface area contributed by atoms with Gasteiger partial charge < -0.3 is 9.47 Å². The van der Waals surface area contributed by atoms with E-state index in [9.17, 15) is 4.79 Å². The predicted octanol–water partition coefficient (Wildman–Crippen LogP) is 4.75. The lowest BCUT2D eigenvalue weighted by Crippen LogP contribution is -2.41. The molecular formula is C25H29N3O. The van der Waals surface area contributed by atoms with E-state index in [0.29, 0.717) is 12.5 Å². The van der Waals surface area contributed by atoms with Crippen LogP contribution in [0.2, 0.25) is 0 Å². The summed E-state index contributed by atoms with van der Waals surface area (Å²) in [6, 6.07) is 10.6. The number of nitrogens with zero attached hydrogens (tertiary/aromatic N) is 3. The molecule has 1 heterocycles. The number of fused-ring (bicyclic) bond motifs is 1. The van der Waals surface area contributed by atoms with Crippen LogP contribution in [-0.4, -0.2) is 26.4 Å². The summed E-state index contributed by atoms with van der Waals surface area (Å²) in [4.78, 5) is 20.2. The molecule has 2 aromatic rings. The number of carbonyl (C=O) groups is 1. The van der Waals surface area contributed by atoms with Gasteiger partial charge in [-0.15, -0.1) is 0 Å². The number of benzene rings is 1. The maximum Gasteiger partial charge on any atom is 0.227 e. The molecule has 2 saturated carbocycles. The summed E-state index contributed by atoms with van der Waals surface area (Å²) in [5, 5.41) is 0. The fourth-order valence-corrected chi connectivity index (χ4v) is 4.97. The van der Waals surface area contributed by atoms with Crippen molar-refractivity contribution in [2.24, 2.45) is 13.0 Å². The van der Waals surface area contributed by atoms with E-state index in [1.165, 1.54) is 36.0 Å². The molecule has 0 aliphatic heterocycles. The first-order chi connectivity index (χ1) is 14.2. The summed E-state index contributed by atoms with van der Waals surface area (Å²) in [6.07, 6.45) is 15.4. The predicted molar refractivity (Wildman–Crippen MR) is 114 cm³/mol. The van der Waals surface area contributed by atoms with Gasteiger partial charge in [0, 0.05) is 25.4 Å². The Balaban J connectivity index is 1.39. The fourth-order valence-electron chi connectivity index (χ4n) is 4.97. The summed E-state index contributed by atoms with van der Waals surface area (Å²) in [5.41, 5.74) is 4.28. The van der Waals surface area contributed by atoms with Crippen LogP contribution in [0.1, 0.15) is 55.8 Å². The number of imidazole rings is 1. The van der Waals surface area contributed by atoms with Crippen molar-refractivity contribution in [3.63, 3.8) is 0 Å². The van der Waals surface area contributed by atoms with Crippen molar-refractivity contribution in [3.05, 3.63) is 77.4 Å². The van der Waals surface area contributed by atoms with Crippen LogP contribution in [0.5, 0.6) is 0 Å². The largest absolute Gasteiger partial charge is 0.337 e. The van der Waals surface area contributed by atoms with Gasteiger partial charge in [0.15, 0.2) is 0 Å². The van der Waals surface area contributed by atoms with E-state index in [0.717, 1.165) is 25.1 Å². The number of allylic oxidation sites excluding steroid dienone is 2. The maximum absolute atomic E-state index is 13.6. The molecule has 0 saturated heterocycles. The van der Waals surface area contributed by atoms with Crippen LogP contribution >= 0.6 is 0 Å². The second kappa shape index (κ2) is 7.66. The fraction of sp³-hybridized carbons (Fsp3) is 0.440. The Hall–Kier alpha value is -2.62. The highest BCUT2D eigenvalue weighted by molar-refractivity contribution is 5.83. The number of aromatic nitrogens is 2. The summed E-state index contributed by atoms with van der Waals surface area (Å²) in [5.74, 6) is 1.71. The molecule has 1 amide bonds. The van der Waals surface area contributed by atoms with E-state index in [4.69, 9.17) is 0 Å². The van der Waals surface area contributed by atoms with Crippen molar-refractivity contribution in [1.82, 2.24) is 14.5 Å². The molecule has 3 atom stereocenters. The van der Waals surface area contributed by atoms with E-state index in [1.807, 2.05) is 30.1 Å². The van der Waals surface area contributed by atoms with Gasteiger partial charge in [0.25, 0.3) is 0 Å². The molecule has 1 aromatic carbocycles. The minimum Gasteiger partial charge on any atom is -0.337 e. The number of amides is 1. The summed E-state index contributed by atoms with van der Waals surface area (Å²) in [6.45, 7) is 0.581. The first-order valence-corrected chi connectivity index (χ1v) is 10.9. The average molecular weight is 388 g/mol. The lowest BCUT2D eigenvalue weighted by atomic mass is 9.83. The minimum atomic E-state index is 0.104. The van der Waals surface area contributed by atoms with Gasteiger partial charge in [-0.05, 0) is 61.2 Å². The Kier molecular flexibility index (Phi) is 4.86. The molecule has 1 aromatic heterocycles. The first kappa shape index (κ1) is 18.4. The topological polar surface area (TPSA) is 38.1 Å². The standard InChI is InChI=1S/C25H29N3O/c1-27-14-13-26-24(27)17-28(21-12-11-18-7-5-6-10-20(18)15-21)25(29)23-16-22(23)19-8-3-2-4-9-19/h2-4,8-9,11,13-15,21-23H,5-7,10,12,16-17H2,1H3. The molecule has 3 unspecified atom stereocenters. The third-order valence-corrected chi connectivity index (χ3v) is 6.81. The third kappa shape index (κ3) is 3.68. The van der Waals surface area contributed by atoms with Gasteiger partial charge in [0.05, 0.1) is 12.6 Å². The van der Waals surface area contributed by atoms with Gasteiger partial charge in [-0.3, -0.25) is 4.79 Å². The Morgan fingerprint density at radius 3 is 2.72 bits per heavy atom. The Morgan fingerprint density at radius 2 is 1.97 bits per heavy atom. The van der Waals surface area contributed by atoms with E-state index < -0.39 is 0 Å². The molecule has 3 aliphatic carbocycles. The zero-order valence-electron chi connectivity index (χ0n) is 17.1. The number of aryl methyl sites for hydroxylation is 1. The van der Waals surface area contributed by atoms with Gasteiger partial charge in [-0.1, -0.05) is 42.5 Å². The Labute approximate surface area is 172 Å². The number of rotatable bonds is 5. The number of hydrogen-bond acceptors (Lipinski definition) is 2. The molecule has 0 N–H and O–H groups in total. The summed E-state index contributed by atoms with van der Waals surface area (Å²) >= 11 is 0. The summed E-state index contributed by atoms with van der Waals surface area (Å²) in [7, 11) is 2.01. The number of carbonyl (C=O) groups excluding carboxylic acids is 1. The lowest BCUT2D eigenvalue weighted by Gasteiger charge is -2.34. The van der Waals surface area contributed by atoms with Crippen LogP contribution in [0.25, 0.3) is 0 Å². The van der Waals surface area contributed by atoms with Crippen LogP contribution in [0.15, 0.2) is 66.0 Å². The normalized spacial score (nSPS) is 25.6. The maximum atomic E-state index is 13.6. The quantitative estimate of drug-likeness (QED) is 0.742. The summed E-state index contributed by atoms with van der Waals surface area (Å²) < 4.78 is 2.03. The van der Waals surface area contributed by atoms with Crippen molar-refractivity contribution < 1.29 is 4.79 Å². The van der Waals surface area contributed by atoms with Crippen LogP contribution in [0.3, 0.4) is 0 Å². The van der Waals surface area contributed by atoms with Crippen LogP contribution in [0.4, 0.5) is 0 Å². The highest BCUT2D eigenvalue weighted by Crippen LogP contribution is 2.49. The zero-order valence-corrected chi connectivity index (χ0v) is 17.1. The molecule has 4 nitrogen and oxygen atoms in total. The van der Waals surface area contributed by atoms with Gasteiger partial charge in [0.1, 0.15) is 5.82 Å². The van der Waals surface area contributed by atoms with Gasteiger partial charge in [-0.25, -0.2) is 4.98 Å². The average Bonchev–Trinajstić information content (AvgIpc) is 3.47. The van der Waals surface area contributed by atoms with Crippen molar-refractivity contribution in [2.45, 2.75) is 57.0 Å². The Bertz CT molecular complexity index is 955. The second-order valence-electron chi connectivity index (χ2n) is 8.71. The zero-order chi connectivity index (χ0) is 19.8.